The highest BCUT2D eigenvalue weighted by Crippen LogP contribution is 2.39. The number of nitrogens with zero attached hydrogens (tertiary/aromatic N) is 2. The van der Waals surface area contributed by atoms with E-state index >= 15 is 0 Å². The van der Waals surface area contributed by atoms with Gasteiger partial charge in [-0.2, -0.15) is 0 Å². The fraction of sp³-hybridized carbons (Fsp3) is 0.316. The van der Waals surface area contributed by atoms with Crippen LogP contribution in [0.4, 0.5) is 5.69 Å². The lowest BCUT2D eigenvalue weighted by Gasteiger charge is -2.22. The maximum Gasteiger partial charge on any atom is 0.259 e. The summed E-state index contributed by atoms with van der Waals surface area (Å²) in [5.41, 5.74) is 1.38. The first kappa shape index (κ1) is 18.4. The molecule has 26 heavy (non-hydrogen) atoms. The first-order valence-corrected chi connectivity index (χ1v) is 9.31. The molecule has 2 heterocycles. The highest BCUT2D eigenvalue weighted by atomic mass is 32.2. The summed E-state index contributed by atoms with van der Waals surface area (Å²) in [5, 5.41) is 3.62. The van der Waals surface area contributed by atoms with Gasteiger partial charge in [0.2, 0.25) is 5.91 Å². The van der Waals surface area contributed by atoms with Crippen LogP contribution in [0.2, 0.25) is 0 Å². The van der Waals surface area contributed by atoms with Crippen LogP contribution in [0.15, 0.2) is 52.5 Å². The van der Waals surface area contributed by atoms with Crippen LogP contribution in [0.1, 0.15) is 23.2 Å². The second-order valence-electron chi connectivity index (χ2n) is 5.83. The Morgan fingerprint density at radius 3 is 2.96 bits per heavy atom. The molecule has 136 valence electrons. The van der Waals surface area contributed by atoms with Crippen molar-refractivity contribution in [1.82, 2.24) is 10.3 Å². The SMILES string of the molecule is COCCCNC(=O)CCN1C(=O)c2ccccc2Sc2ncccc21. The number of carbonyl (C=O) groups is 2. The van der Waals surface area contributed by atoms with Gasteiger partial charge in [0.25, 0.3) is 5.91 Å². The number of amides is 2. The molecule has 0 unspecified atom stereocenters. The number of anilines is 1. The van der Waals surface area contributed by atoms with Gasteiger partial charge in [0, 0.05) is 44.3 Å². The molecule has 7 heteroatoms. The molecule has 1 aromatic heterocycles. The number of pyridine rings is 1. The third-order valence-corrected chi connectivity index (χ3v) is 5.10. The Morgan fingerprint density at radius 2 is 2.12 bits per heavy atom. The maximum absolute atomic E-state index is 13.0. The standard InChI is InChI=1S/C19H21N3O3S/c1-25-13-5-11-20-17(23)9-12-22-15-7-4-10-21-18(15)26-16-8-3-2-6-14(16)19(22)24/h2-4,6-8,10H,5,9,11-13H2,1H3,(H,20,23). The molecule has 0 radical (unpaired) electrons. The Kier molecular flexibility index (Phi) is 6.25. The Labute approximate surface area is 156 Å². The molecule has 2 amide bonds. The summed E-state index contributed by atoms with van der Waals surface area (Å²) < 4.78 is 4.97. The molecular formula is C19H21N3O3S. The van der Waals surface area contributed by atoms with E-state index in [4.69, 9.17) is 4.74 Å². The van der Waals surface area contributed by atoms with E-state index in [9.17, 15) is 9.59 Å². The van der Waals surface area contributed by atoms with Crippen LogP contribution >= 0.6 is 11.8 Å². The number of rotatable bonds is 7. The largest absolute Gasteiger partial charge is 0.385 e. The Hall–Kier alpha value is -2.38. The number of ether oxygens (including phenoxy) is 1. The molecule has 0 saturated carbocycles. The molecule has 1 aliphatic heterocycles. The molecule has 3 rings (SSSR count). The van der Waals surface area contributed by atoms with E-state index in [1.807, 2.05) is 30.3 Å². The van der Waals surface area contributed by atoms with Gasteiger partial charge in [-0.05, 0) is 30.7 Å². The molecule has 0 atom stereocenters. The molecule has 0 spiro atoms. The van der Waals surface area contributed by atoms with E-state index in [0.29, 0.717) is 25.3 Å². The zero-order valence-electron chi connectivity index (χ0n) is 14.6. The third kappa shape index (κ3) is 4.23. The highest BCUT2D eigenvalue weighted by molar-refractivity contribution is 7.99. The number of methoxy groups -OCH3 is 1. The van der Waals surface area contributed by atoms with Crippen molar-refractivity contribution in [1.29, 1.82) is 0 Å². The lowest BCUT2D eigenvalue weighted by Crippen LogP contribution is -2.35. The minimum Gasteiger partial charge on any atom is -0.385 e. The predicted octanol–water partition coefficient (Wildman–Crippen LogP) is 2.74. The van der Waals surface area contributed by atoms with Crippen LogP contribution in [0.25, 0.3) is 0 Å². The van der Waals surface area contributed by atoms with Gasteiger partial charge < -0.3 is 15.0 Å². The van der Waals surface area contributed by atoms with E-state index in [0.717, 1.165) is 22.0 Å². The van der Waals surface area contributed by atoms with Crippen LogP contribution in [-0.2, 0) is 9.53 Å². The number of hydrogen-bond acceptors (Lipinski definition) is 5. The lowest BCUT2D eigenvalue weighted by atomic mass is 10.1. The van der Waals surface area contributed by atoms with Gasteiger partial charge >= 0.3 is 0 Å². The Morgan fingerprint density at radius 1 is 1.27 bits per heavy atom. The minimum atomic E-state index is -0.105. The fourth-order valence-corrected chi connectivity index (χ4v) is 3.74. The number of nitrogens with one attached hydrogen (secondary N) is 1. The van der Waals surface area contributed by atoms with Crippen LogP contribution < -0.4 is 10.2 Å². The number of benzene rings is 1. The molecule has 0 bridgehead atoms. The van der Waals surface area contributed by atoms with E-state index in [-0.39, 0.29) is 18.2 Å². The Balaban J connectivity index is 1.75. The van der Waals surface area contributed by atoms with Crippen LogP contribution in [0, 0.1) is 0 Å². The van der Waals surface area contributed by atoms with Gasteiger partial charge in [-0.3, -0.25) is 9.59 Å². The summed E-state index contributed by atoms with van der Waals surface area (Å²) in [6.45, 7) is 1.48. The molecule has 0 aliphatic carbocycles. The summed E-state index contributed by atoms with van der Waals surface area (Å²) in [6.07, 6.45) is 2.71. The van der Waals surface area contributed by atoms with Crippen molar-refractivity contribution in [3.05, 3.63) is 48.2 Å². The summed E-state index contributed by atoms with van der Waals surface area (Å²) in [6, 6.07) is 11.2. The number of hydrogen-bond donors (Lipinski definition) is 1. The lowest BCUT2D eigenvalue weighted by molar-refractivity contribution is -0.120. The van der Waals surface area contributed by atoms with Crippen LogP contribution in [-0.4, -0.2) is 43.6 Å². The van der Waals surface area contributed by atoms with Gasteiger partial charge in [0.05, 0.1) is 11.3 Å². The van der Waals surface area contributed by atoms with Crippen molar-refractivity contribution in [3.8, 4) is 0 Å². The van der Waals surface area contributed by atoms with Crippen molar-refractivity contribution in [2.75, 3.05) is 31.7 Å². The van der Waals surface area contributed by atoms with Gasteiger partial charge in [-0.1, -0.05) is 23.9 Å². The highest BCUT2D eigenvalue weighted by Gasteiger charge is 2.27. The summed E-state index contributed by atoms with van der Waals surface area (Å²) in [4.78, 5) is 32.1. The fourth-order valence-electron chi connectivity index (χ4n) is 2.73. The average molecular weight is 371 g/mol. The average Bonchev–Trinajstić information content (AvgIpc) is 2.78. The van der Waals surface area contributed by atoms with Crippen molar-refractivity contribution >= 4 is 29.3 Å². The predicted molar refractivity (Wildman–Crippen MR) is 101 cm³/mol. The number of aromatic nitrogens is 1. The topological polar surface area (TPSA) is 71.5 Å². The minimum absolute atomic E-state index is 0.0791. The quantitative estimate of drug-likeness (QED) is 0.758. The molecular weight excluding hydrogens is 350 g/mol. The van der Waals surface area contributed by atoms with Crippen molar-refractivity contribution in [3.63, 3.8) is 0 Å². The number of fused-ring (bicyclic) bond motifs is 2. The van der Waals surface area contributed by atoms with Gasteiger partial charge in [0.15, 0.2) is 0 Å². The second-order valence-corrected chi connectivity index (χ2v) is 6.86. The monoisotopic (exact) mass is 371 g/mol. The Bertz CT molecular complexity index is 797. The smallest absolute Gasteiger partial charge is 0.259 e. The van der Waals surface area contributed by atoms with E-state index < -0.39 is 0 Å². The first-order valence-electron chi connectivity index (χ1n) is 8.50. The van der Waals surface area contributed by atoms with Gasteiger partial charge in [-0.15, -0.1) is 0 Å². The summed E-state index contributed by atoms with van der Waals surface area (Å²) in [7, 11) is 1.63. The first-order chi connectivity index (χ1) is 12.7. The van der Waals surface area contributed by atoms with Crippen molar-refractivity contribution in [2.45, 2.75) is 22.8 Å². The van der Waals surface area contributed by atoms with E-state index in [1.54, 1.807) is 24.3 Å². The van der Waals surface area contributed by atoms with Gasteiger partial charge in [-0.25, -0.2) is 4.98 Å². The van der Waals surface area contributed by atoms with Crippen LogP contribution in [0.5, 0.6) is 0 Å². The van der Waals surface area contributed by atoms with Crippen molar-refractivity contribution in [2.24, 2.45) is 0 Å². The van der Waals surface area contributed by atoms with Gasteiger partial charge in [0.1, 0.15) is 5.03 Å². The second kappa shape index (κ2) is 8.82. The molecule has 2 aromatic rings. The molecule has 6 nitrogen and oxygen atoms in total. The van der Waals surface area contributed by atoms with E-state index in [1.165, 1.54) is 11.8 Å². The maximum atomic E-state index is 13.0. The molecule has 0 saturated heterocycles. The zero-order valence-corrected chi connectivity index (χ0v) is 15.4. The molecule has 1 aromatic carbocycles. The van der Waals surface area contributed by atoms with E-state index in [2.05, 4.69) is 10.3 Å². The van der Waals surface area contributed by atoms with Crippen LogP contribution in [0.3, 0.4) is 0 Å². The third-order valence-electron chi connectivity index (χ3n) is 4.02. The molecule has 0 fully saturated rings. The summed E-state index contributed by atoms with van der Waals surface area (Å²) >= 11 is 1.48. The van der Waals surface area contributed by atoms with Crippen molar-refractivity contribution < 1.29 is 14.3 Å². The summed E-state index contributed by atoms with van der Waals surface area (Å²) in [5.74, 6) is -0.184. The molecule has 1 N–H and O–H groups in total. The zero-order chi connectivity index (χ0) is 18.4. The molecule has 1 aliphatic rings. The normalized spacial score (nSPS) is 13.0. The number of carbonyl (C=O) groups excluding carboxylic acids is 2.